The Morgan fingerprint density at radius 2 is 1.25 bits per heavy atom. The zero-order valence-electron chi connectivity index (χ0n) is 5.73. The molecule has 0 bridgehead atoms. The van der Waals surface area contributed by atoms with Gasteiger partial charge in [-0.25, -0.2) is 0 Å². The van der Waals surface area contributed by atoms with Crippen LogP contribution < -0.4 is 10.6 Å². The van der Waals surface area contributed by atoms with Crippen LogP contribution in [0.25, 0.3) is 0 Å². The Hall–Kier alpha value is -0.360. The molecular formula is C6H4Br2N2O2. The maximum atomic E-state index is 11.2. The maximum absolute atomic E-state index is 11.2. The summed E-state index contributed by atoms with van der Waals surface area (Å²) >= 11 is 6.36. The summed E-state index contributed by atoms with van der Waals surface area (Å²) in [7, 11) is 0. The van der Waals surface area contributed by atoms with Gasteiger partial charge in [-0.2, -0.15) is 0 Å². The summed E-state index contributed by atoms with van der Waals surface area (Å²) in [6.45, 7) is 0. The molecule has 2 rings (SSSR count). The molecular weight excluding hydrogens is 292 g/mol. The summed E-state index contributed by atoms with van der Waals surface area (Å²) in [5.74, 6) is -0.404. The lowest BCUT2D eigenvalue weighted by Crippen LogP contribution is -2.35. The van der Waals surface area contributed by atoms with E-state index in [0.29, 0.717) is 11.1 Å². The monoisotopic (exact) mass is 294 g/mol. The second kappa shape index (κ2) is 2.56. The van der Waals surface area contributed by atoms with Gasteiger partial charge in [0.1, 0.15) is 9.90 Å². The lowest BCUT2D eigenvalue weighted by Gasteiger charge is -2.07. The largest absolute Gasteiger partial charge is 0.335 e. The number of nitrogens with one attached hydrogen (secondary N) is 2. The third-order valence-corrected chi connectivity index (χ3v) is 3.18. The first kappa shape index (κ1) is 8.25. The van der Waals surface area contributed by atoms with Crippen molar-refractivity contribution in [1.82, 2.24) is 10.6 Å². The van der Waals surface area contributed by atoms with E-state index >= 15 is 0 Å². The Balaban J connectivity index is 2.49. The summed E-state index contributed by atoms with van der Waals surface area (Å²) in [6, 6.07) is 0. The molecule has 64 valence electrons. The van der Waals surface area contributed by atoms with Crippen LogP contribution in [0.5, 0.6) is 0 Å². The molecule has 0 aromatic carbocycles. The van der Waals surface area contributed by atoms with Gasteiger partial charge >= 0.3 is 0 Å². The molecule has 0 saturated heterocycles. The van der Waals surface area contributed by atoms with Crippen molar-refractivity contribution < 1.29 is 9.59 Å². The Bertz CT molecular complexity index is 283. The Morgan fingerprint density at radius 3 is 1.58 bits per heavy atom. The van der Waals surface area contributed by atoms with E-state index in [0.717, 1.165) is 0 Å². The Morgan fingerprint density at radius 1 is 0.917 bits per heavy atom. The fraction of sp³-hybridized carbons (Fsp3) is 0.333. The number of amides is 2. The van der Waals surface area contributed by atoms with Crippen LogP contribution in [0.2, 0.25) is 0 Å². The number of carbonyl (C=O) groups excluding carboxylic acids is 2. The highest BCUT2D eigenvalue weighted by Crippen LogP contribution is 2.31. The van der Waals surface area contributed by atoms with E-state index in [4.69, 9.17) is 0 Å². The molecule has 2 amide bonds. The quantitative estimate of drug-likeness (QED) is 0.488. The average Bonchev–Trinajstić information content (AvgIpc) is 2.38. The van der Waals surface area contributed by atoms with Gasteiger partial charge < -0.3 is 10.6 Å². The van der Waals surface area contributed by atoms with Crippen LogP contribution in [-0.2, 0) is 9.59 Å². The molecule has 0 aromatic rings. The minimum atomic E-state index is -0.345. The van der Waals surface area contributed by atoms with Gasteiger partial charge in [-0.1, -0.05) is 31.9 Å². The fourth-order valence-electron chi connectivity index (χ4n) is 1.28. The summed E-state index contributed by atoms with van der Waals surface area (Å²) in [4.78, 5) is 21.7. The first-order valence-corrected chi connectivity index (χ1v) is 5.08. The third-order valence-electron chi connectivity index (χ3n) is 1.80. The molecule has 12 heavy (non-hydrogen) atoms. The highest BCUT2D eigenvalue weighted by Gasteiger charge is 2.42. The molecule has 2 atom stereocenters. The summed E-state index contributed by atoms with van der Waals surface area (Å²) in [5.41, 5.74) is 0.976. The predicted octanol–water partition coefficient (Wildman–Crippen LogP) is -0.0154. The molecule has 2 heterocycles. The smallest absolute Gasteiger partial charge is 0.251 e. The average molecular weight is 296 g/mol. The first-order chi connectivity index (χ1) is 5.61. The molecule has 2 aliphatic rings. The van der Waals surface area contributed by atoms with Crippen molar-refractivity contribution in [3.05, 3.63) is 11.1 Å². The van der Waals surface area contributed by atoms with Crippen LogP contribution in [0, 0.1) is 0 Å². The van der Waals surface area contributed by atoms with Crippen LogP contribution in [-0.4, -0.2) is 21.7 Å². The van der Waals surface area contributed by atoms with Crippen molar-refractivity contribution in [3.63, 3.8) is 0 Å². The second-order valence-electron chi connectivity index (χ2n) is 2.50. The molecule has 0 aromatic heterocycles. The van der Waals surface area contributed by atoms with Crippen LogP contribution >= 0.6 is 31.9 Å². The van der Waals surface area contributed by atoms with Crippen molar-refractivity contribution in [1.29, 1.82) is 0 Å². The SMILES string of the molecule is O=C1NC(Br)C2=C1C(Br)NC2=O. The van der Waals surface area contributed by atoms with Gasteiger partial charge in [0.25, 0.3) is 11.8 Å². The summed E-state index contributed by atoms with van der Waals surface area (Å²) in [5, 5.41) is 5.18. The van der Waals surface area contributed by atoms with E-state index in [1.54, 1.807) is 0 Å². The zero-order chi connectivity index (χ0) is 8.88. The first-order valence-electron chi connectivity index (χ1n) is 3.25. The van der Waals surface area contributed by atoms with Gasteiger partial charge in [-0.3, -0.25) is 9.59 Å². The number of hydrogen-bond acceptors (Lipinski definition) is 2. The number of halogens is 2. The highest BCUT2D eigenvalue weighted by atomic mass is 79.9. The van der Waals surface area contributed by atoms with E-state index in [-0.39, 0.29) is 21.7 Å². The van der Waals surface area contributed by atoms with E-state index in [9.17, 15) is 9.59 Å². The molecule has 0 aliphatic carbocycles. The van der Waals surface area contributed by atoms with Crippen molar-refractivity contribution in [3.8, 4) is 0 Å². The molecule has 2 unspecified atom stereocenters. The van der Waals surface area contributed by atoms with Gasteiger partial charge in [0.05, 0.1) is 11.1 Å². The van der Waals surface area contributed by atoms with E-state index in [2.05, 4.69) is 42.5 Å². The number of carbonyl (C=O) groups is 2. The molecule has 4 nitrogen and oxygen atoms in total. The minimum Gasteiger partial charge on any atom is -0.335 e. The van der Waals surface area contributed by atoms with Crippen molar-refractivity contribution >= 4 is 43.7 Å². The van der Waals surface area contributed by atoms with Gasteiger partial charge in [-0.05, 0) is 0 Å². The van der Waals surface area contributed by atoms with E-state index in [1.807, 2.05) is 0 Å². The lowest BCUT2D eigenvalue weighted by atomic mass is 10.2. The minimum absolute atomic E-state index is 0.202. The van der Waals surface area contributed by atoms with Crippen LogP contribution in [0.1, 0.15) is 0 Å². The van der Waals surface area contributed by atoms with Crippen molar-refractivity contribution in [2.24, 2.45) is 0 Å². The second-order valence-corrected chi connectivity index (χ2v) is 4.33. The van der Waals surface area contributed by atoms with Crippen molar-refractivity contribution in [2.45, 2.75) is 9.90 Å². The summed E-state index contributed by atoms with van der Waals surface area (Å²) < 4.78 is 0. The zero-order valence-corrected chi connectivity index (χ0v) is 8.90. The van der Waals surface area contributed by atoms with Gasteiger partial charge in [0, 0.05) is 0 Å². The molecule has 2 N–H and O–H groups in total. The summed E-state index contributed by atoms with van der Waals surface area (Å²) in [6.07, 6.45) is 0. The van der Waals surface area contributed by atoms with Gasteiger partial charge in [-0.15, -0.1) is 0 Å². The number of rotatable bonds is 0. The van der Waals surface area contributed by atoms with Gasteiger partial charge in [0.2, 0.25) is 0 Å². The third kappa shape index (κ3) is 0.942. The van der Waals surface area contributed by atoms with Gasteiger partial charge in [0.15, 0.2) is 0 Å². The standard InChI is InChI=1S/C6H4Br2N2O2/c7-3-1-2(6(12)9-3)4(8)10-5(1)11/h3-4H,(H,9,12)(H,10,11). The van der Waals surface area contributed by atoms with Crippen LogP contribution in [0.3, 0.4) is 0 Å². The molecule has 0 saturated carbocycles. The molecule has 0 spiro atoms. The van der Waals surface area contributed by atoms with E-state index < -0.39 is 0 Å². The normalized spacial score (nSPS) is 33.5. The van der Waals surface area contributed by atoms with E-state index in [1.165, 1.54) is 0 Å². The fourth-order valence-corrected chi connectivity index (χ4v) is 2.60. The lowest BCUT2D eigenvalue weighted by molar-refractivity contribution is -0.117. The molecule has 0 radical (unpaired) electrons. The molecule has 6 heteroatoms. The maximum Gasteiger partial charge on any atom is 0.251 e. The molecule has 0 fully saturated rings. The highest BCUT2D eigenvalue weighted by molar-refractivity contribution is 9.10. The topological polar surface area (TPSA) is 58.2 Å². The Kier molecular flexibility index (Phi) is 1.76. The Labute approximate surface area is 85.0 Å². The van der Waals surface area contributed by atoms with Crippen LogP contribution in [0.15, 0.2) is 11.1 Å². The predicted molar refractivity (Wildman–Crippen MR) is 48.7 cm³/mol. The number of hydrogen-bond donors (Lipinski definition) is 2. The molecule has 2 aliphatic heterocycles. The van der Waals surface area contributed by atoms with Crippen molar-refractivity contribution in [2.75, 3.05) is 0 Å². The number of alkyl halides is 2. The van der Waals surface area contributed by atoms with Crippen LogP contribution in [0.4, 0.5) is 0 Å².